The third-order valence-corrected chi connectivity index (χ3v) is 6.67. The second-order valence-corrected chi connectivity index (χ2v) is 9.41. The first-order valence-corrected chi connectivity index (χ1v) is 11.8. The van der Waals surface area contributed by atoms with Crippen molar-refractivity contribution < 1.29 is 32.6 Å². The van der Waals surface area contributed by atoms with Crippen LogP contribution in [0.4, 0.5) is 24.5 Å². The van der Waals surface area contributed by atoms with Gasteiger partial charge in [0.2, 0.25) is 0 Å². The molecule has 4 rings (SSSR count). The summed E-state index contributed by atoms with van der Waals surface area (Å²) in [6.07, 6.45) is -4.65. The molecule has 1 aliphatic heterocycles. The number of hydrogen-bond acceptors (Lipinski definition) is 5. The Bertz CT molecular complexity index is 1400. The number of anilines is 2. The Morgan fingerprint density at radius 3 is 2.27 bits per heavy atom. The van der Waals surface area contributed by atoms with E-state index in [1.54, 1.807) is 30.3 Å². The summed E-state index contributed by atoms with van der Waals surface area (Å²) < 4.78 is 46.1. The summed E-state index contributed by atoms with van der Waals surface area (Å²) in [5, 5.41) is 11.2. The van der Waals surface area contributed by atoms with Crippen LogP contribution in [0.2, 0.25) is 0 Å². The van der Waals surface area contributed by atoms with Crippen molar-refractivity contribution in [3.05, 3.63) is 93.5 Å². The average Bonchev–Trinajstić information content (AvgIpc) is 3.13. The predicted octanol–water partition coefficient (Wildman–Crippen LogP) is 6.17. The zero-order chi connectivity index (χ0) is 27.1. The molecule has 1 aliphatic rings. The fourth-order valence-corrected chi connectivity index (χ4v) is 4.71. The second kappa shape index (κ2) is 9.93. The van der Waals surface area contributed by atoms with E-state index in [2.05, 4.69) is 15.9 Å². The van der Waals surface area contributed by atoms with Crippen LogP contribution in [0.25, 0.3) is 5.76 Å². The first kappa shape index (κ1) is 26.3. The van der Waals surface area contributed by atoms with E-state index in [1.807, 2.05) is 19.0 Å². The minimum atomic E-state index is -4.65. The highest BCUT2D eigenvalue weighted by atomic mass is 79.9. The van der Waals surface area contributed by atoms with E-state index in [-0.39, 0.29) is 16.8 Å². The molecule has 1 N–H and O–H groups in total. The van der Waals surface area contributed by atoms with E-state index in [1.165, 1.54) is 31.4 Å². The summed E-state index contributed by atoms with van der Waals surface area (Å²) in [4.78, 5) is 29.4. The van der Waals surface area contributed by atoms with Crippen molar-refractivity contribution in [3.8, 4) is 5.75 Å². The average molecular weight is 575 g/mol. The number of aliphatic hydroxyl groups excluding tert-OH is 1. The van der Waals surface area contributed by atoms with Crippen LogP contribution in [-0.4, -0.2) is 38.0 Å². The SMILES string of the molecule is COc1ccc(/C(O)=C2\C(=O)C(=O)N(c3cccc(C(F)(F)F)c3)C2c2ccc(N(C)C)cc2)cc1Br. The molecule has 0 spiro atoms. The number of amides is 1. The molecule has 0 aromatic heterocycles. The molecule has 1 unspecified atom stereocenters. The Morgan fingerprint density at radius 2 is 1.70 bits per heavy atom. The van der Waals surface area contributed by atoms with Gasteiger partial charge in [-0.05, 0) is 70.0 Å². The van der Waals surface area contributed by atoms with E-state index in [0.29, 0.717) is 15.8 Å². The molecule has 3 aromatic rings. The number of alkyl halides is 3. The van der Waals surface area contributed by atoms with Gasteiger partial charge in [-0.15, -0.1) is 0 Å². The van der Waals surface area contributed by atoms with Crippen molar-refractivity contribution >= 4 is 44.8 Å². The first-order chi connectivity index (χ1) is 17.4. The Balaban J connectivity index is 1.94. The summed E-state index contributed by atoms with van der Waals surface area (Å²) in [7, 11) is 5.15. The second-order valence-electron chi connectivity index (χ2n) is 8.55. The lowest BCUT2D eigenvalue weighted by molar-refractivity contribution is -0.137. The number of halogens is 4. The number of ether oxygens (including phenoxy) is 1. The van der Waals surface area contributed by atoms with E-state index >= 15 is 0 Å². The lowest BCUT2D eigenvalue weighted by Crippen LogP contribution is -2.29. The summed E-state index contributed by atoms with van der Waals surface area (Å²) in [6, 6.07) is 14.5. The Kier molecular flexibility index (Phi) is 7.05. The first-order valence-electron chi connectivity index (χ1n) is 11.0. The van der Waals surface area contributed by atoms with Gasteiger partial charge in [0.15, 0.2) is 0 Å². The standard InChI is InChI=1S/C27H22BrF3N2O4/c1-32(2)18-10-7-15(8-11-18)23-22(24(34)16-9-12-21(37-3)20(28)13-16)25(35)26(36)33(23)19-6-4-5-17(14-19)27(29,30)31/h4-14,23,34H,1-3H3/b24-22+. The van der Waals surface area contributed by atoms with Gasteiger partial charge in [-0.3, -0.25) is 14.5 Å². The van der Waals surface area contributed by atoms with Crippen LogP contribution >= 0.6 is 15.9 Å². The Hall–Kier alpha value is -3.79. The molecule has 1 atom stereocenters. The van der Waals surface area contributed by atoms with Crippen LogP contribution in [0.15, 0.2) is 76.8 Å². The van der Waals surface area contributed by atoms with Crippen LogP contribution in [0.5, 0.6) is 5.75 Å². The number of hydrogen-bond donors (Lipinski definition) is 1. The molecule has 6 nitrogen and oxygen atoms in total. The Labute approximate surface area is 219 Å². The van der Waals surface area contributed by atoms with Gasteiger partial charge >= 0.3 is 6.18 Å². The molecule has 1 amide bonds. The number of carbonyl (C=O) groups excluding carboxylic acids is 2. The topological polar surface area (TPSA) is 70.1 Å². The van der Waals surface area contributed by atoms with E-state index in [0.717, 1.165) is 22.7 Å². The molecule has 1 heterocycles. The van der Waals surface area contributed by atoms with Gasteiger partial charge in [-0.1, -0.05) is 18.2 Å². The smallest absolute Gasteiger partial charge is 0.416 e. The van der Waals surface area contributed by atoms with Crippen molar-refractivity contribution in [2.45, 2.75) is 12.2 Å². The quantitative estimate of drug-likeness (QED) is 0.224. The summed E-state index contributed by atoms with van der Waals surface area (Å²) in [5.41, 5.74) is 0.179. The van der Waals surface area contributed by atoms with Crippen LogP contribution in [0, 0.1) is 0 Å². The van der Waals surface area contributed by atoms with Crippen LogP contribution in [-0.2, 0) is 15.8 Å². The van der Waals surface area contributed by atoms with Gasteiger partial charge < -0.3 is 14.7 Å². The molecule has 192 valence electrons. The predicted molar refractivity (Wildman–Crippen MR) is 138 cm³/mol. The highest BCUT2D eigenvalue weighted by Crippen LogP contribution is 2.44. The fraction of sp³-hybridized carbons (Fsp3) is 0.185. The molecule has 1 fully saturated rings. The molecule has 3 aromatic carbocycles. The van der Waals surface area contributed by atoms with E-state index in [4.69, 9.17) is 4.74 Å². The monoisotopic (exact) mass is 574 g/mol. The molecule has 0 saturated carbocycles. The zero-order valence-corrected chi connectivity index (χ0v) is 21.6. The molecule has 10 heteroatoms. The van der Waals surface area contributed by atoms with E-state index < -0.39 is 35.2 Å². The van der Waals surface area contributed by atoms with Crippen molar-refractivity contribution in [1.29, 1.82) is 0 Å². The molecule has 1 saturated heterocycles. The molecule has 0 aliphatic carbocycles. The normalized spacial score (nSPS) is 17.3. The van der Waals surface area contributed by atoms with Gasteiger partial charge in [0.05, 0.1) is 28.8 Å². The molecular weight excluding hydrogens is 553 g/mol. The zero-order valence-electron chi connectivity index (χ0n) is 20.0. The number of nitrogens with zero attached hydrogens (tertiary/aromatic N) is 2. The van der Waals surface area contributed by atoms with Crippen molar-refractivity contribution in [3.63, 3.8) is 0 Å². The van der Waals surface area contributed by atoms with Crippen molar-refractivity contribution in [1.82, 2.24) is 0 Å². The summed E-state index contributed by atoms with van der Waals surface area (Å²) in [6.45, 7) is 0. The lowest BCUT2D eigenvalue weighted by atomic mass is 9.94. The number of methoxy groups -OCH3 is 1. The van der Waals surface area contributed by atoms with Gasteiger partial charge in [0.25, 0.3) is 11.7 Å². The number of benzene rings is 3. The minimum Gasteiger partial charge on any atom is -0.507 e. The van der Waals surface area contributed by atoms with Gasteiger partial charge in [0, 0.05) is 31.0 Å². The third kappa shape index (κ3) is 4.93. The van der Waals surface area contributed by atoms with Crippen LogP contribution in [0.1, 0.15) is 22.7 Å². The maximum Gasteiger partial charge on any atom is 0.416 e. The highest BCUT2D eigenvalue weighted by Gasteiger charge is 2.47. The number of rotatable bonds is 5. The van der Waals surface area contributed by atoms with Gasteiger partial charge in [-0.25, -0.2) is 0 Å². The summed E-state index contributed by atoms with van der Waals surface area (Å²) in [5.74, 6) is -2.03. The maximum atomic E-state index is 13.5. The molecule has 37 heavy (non-hydrogen) atoms. The number of Topliss-reactive ketones (excluding diaryl/α,β-unsaturated/α-hetero) is 1. The van der Waals surface area contributed by atoms with Gasteiger partial charge in [-0.2, -0.15) is 13.2 Å². The van der Waals surface area contributed by atoms with E-state index in [9.17, 15) is 27.9 Å². The van der Waals surface area contributed by atoms with Crippen molar-refractivity contribution in [2.24, 2.45) is 0 Å². The lowest BCUT2D eigenvalue weighted by Gasteiger charge is -2.26. The van der Waals surface area contributed by atoms with Crippen LogP contribution < -0.4 is 14.5 Å². The fourth-order valence-electron chi connectivity index (χ4n) is 4.17. The summed E-state index contributed by atoms with van der Waals surface area (Å²) >= 11 is 3.34. The molecular formula is C27H22BrF3N2O4. The Morgan fingerprint density at radius 1 is 1.03 bits per heavy atom. The number of aliphatic hydroxyl groups is 1. The molecule has 0 radical (unpaired) electrons. The van der Waals surface area contributed by atoms with Gasteiger partial charge in [0.1, 0.15) is 11.5 Å². The largest absolute Gasteiger partial charge is 0.507 e. The maximum absolute atomic E-state index is 13.5. The van der Waals surface area contributed by atoms with Crippen molar-refractivity contribution in [2.75, 3.05) is 31.0 Å². The third-order valence-electron chi connectivity index (χ3n) is 6.05. The number of carbonyl (C=O) groups is 2. The molecule has 0 bridgehead atoms. The highest BCUT2D eigenvalue weighted by molar-refractivity contribution is 9.10. The number of ketones is 1. The van der Waals surface area contributed by atoms with Crippen LogP contribution in [0.3, 0.4) is 0 Å². The minimum absolute atomic E-state index is 0.117.